The Morgan fingerprint density at radius 1 is 1.16 bits per heavy atom. The first kappa shape index (κ1) is 15.8. The second-order valence-electron chi connectivity index (χ2n) is 5.98. The van der Waals surface area contributed by atoms with Gasteiger partial charge in [-0.05, 0) is 6.92 Å². The minimum atomic E-state index is 0.601. The van der Waals surface area contributed by atoms with E-state index in [0.717, 1.165) is 48.0 Å². The van der Waals surface area contributed by atoms with Gasteiger partial charge in [0, 0.05) is 30.6 Å². The van der Waals surface area contributed by atoms with E-state index in [4.69, 9.17) is 9.15 Å². The fourth-order valence-electron chi connectivity index (χ4n) is 3.08. The Bertz CT molecular complexity index is 848. The maximum absolute atomic E-state index is 5.92. The van der Waals surface area contributed by atoms with Crippen LogP contribution in [0.2, 0.25) is 0 Å². The van der Waals surface area contributed by atoms with Crippen LogP contribution in [0.25, 0.3) is 11.3 Å². The first-order valence-corrected chi connectivity index (χ1v) is 8.51. The van der Waals surface area contributed by atoms with Gasteiger partial charge in [0.15, 0.2) is 5.76 Å². The third kappa shape index (κ3) is 3.39. The second-order valence-corrected chi connectivity index (χ2v) is 5.98. The second kappa shape index (κ2) is 7.03. The molecule has 6 heteroatoms. The number of fused-ring (bicyclic) bond motifs is 1. The van der Waals surface area contributed by atoms with Crippen molar-refractivity contribution in [3.63, 3.8) is 0 Å². The SMILES string of the molecule is CCOc1ncnc2c1CN(Cc1ncc(-c3ccccc3)o1)CC2. The Morgan fingerprint density at radius 3 is 2.88 bits per heavy atom. The van der Waals surface area contributed by atoms with Gasteiger partial charge >= 0.3 is 0 Å². The first-order chi connectivity index (χ1) is 12.3. The van der Waals surface area contributed by atoms with E-state index in [0.29, 0.717) is 19.0 Å². The van der Waals surface area contributed by atoms with E-state index < -0.39 is 0 Å². The molecule has 25 heavy (non-hydrogen) atoms. The number of nitrogens with zero attached hydrogens (tertiary/aromatic N) is 4. The molecule has 0 aliphatic carbocycles. The highest BCUT2D eigenvalue weighted by atomic mass is 16.5. The van der Waals surface area contributed by atoms with E-state index in [2.05, 4.69) is 19.9 Å². The standard InChI is InChI=1S/C19H20N4O2/c1-2-24-19-15-11-23(9-8-16(15)21-13-22-19)12-18-20-10-17(25-18)14-6-4-3-5-7-14/h3-7,10,13H,2,8-9,11-12H2,1H3. The summed E-state index contributed by atoms with van der Waals surface area (Å²) in [6, 6.07) is 10.0. The lowest BCUT2D eigenvalue weighted by molar-refractivity contribution is 0.212. The zero-order valence-corrected chi connectivity index (χ0v) is 14.2. The summed E-state index contributed by atoms with van der Waals surface area (Å²) in [5.41, 5.74) is 3.19. The molecule has 0 N–H and O–H groups in total. The molecular formula is C19H20N4O2. The van der Waals surface area contributed by atoms with Gasteiger partial charge in [0.05, 0.1) is 25.0 Å². The van der Waals surface area contributed by atoms with Crippen molar-refractivity contribution in [2.45, 2.75) is 26.4 Å². The van der Waals surface area contributed by atoms with Crippen LogP contribution in [-0.2, 0) is 19.5 Å². The van der Waals surface area contributed by atoms with Crippen molar-refractivity contribution in [1.29, 1.82) is 0 Å². The molecule has 0 atom stereocenters. The minimum Gasteiger partial charge on any atom is -0.478 e. The van der Waals surface area contributed by atoms with Crippen molar-refractivity contribution >= 4 is 0 Å². The summed E-state index contributed by atoms with van der Waals surface area (Å²) in [6.45, 7) is 4.89. The minimum absolute atomic E-state index is 0.601. The number of hydrogen-bond acceptors (Lipinski definition) is 6. The zero-order chi connectivity index (χ0) is 17.1. The van der Waals surface area contributed by atoms with Crippen LogP contribution in [0.15, 0.2) is 47.3 Å². The molecule has 0 bridgehead atoms. The van der Waals surface area contributed by atoms with E-state index in [1.54, 1.807) is 12.5 Å². The van der Waals surface area contributed by atoms with Gasteiger partial charge in [-0.1, -0.05) is 30.3 Å². The number of hydrogen-bond donors (Lipinski definition) is 0. The summed E-state index contributed by atoms with van der Waals surface area (Å²) in [5, 5.41) is 0. The van der Waals surface area contributed by atoms with E-state index in [1.807, 2.05) is 37.3 Å². The lowest BCUT2D eigenvalue weighted by atomic mass is 10.1. The molecule has 6 nitrogen and oxygen atoms in total. The zero-order valence-electron chi connectivity index (χ0n) is 14.2. The smallest absolute Gasteiger partial charge is 0.221 e. The number of oxazole rings is 1. The molecule has 1 aliphatic rings. The van der Waals surface area contributed by atoms with Gasteiger partial charge in [-0.2, -0.15) is 0 Å². The molecule has 0 fully saturated rings. The summed E-state index contributed by atoms with van der Waals surface area (Å²) >= 11 is 0. The van der Waals surface area contributed by atoms with Gasteiger partial charge in [0.2, 0.25) is 11.8 Å². The third-order valence-electron chi connectivity index (χ3n) is 4.29. The fourth-order valence-corrected chi connectivity index (χ4v) is 3.08. The lowest BCUT2D eigenvalue weighted by Gasteiger charge is -2.27. The van der Waals surface area contributed by atoms with Gasteiger partial charge < -0.3 is 9.15 Å². The van der Waals surface area contributed by atoms with Crippen molar-refractivity contribution in [3.8, 4) is 17.2 Å². The molecule has 1 aromatic carbocycles. The van der Waals surface area contributed by atoms with Crippen LogP contribution in [-0.4, -0.2) is 33.0 Å². The largest absolute Gasteiger partial charge is 0.478 e. The van der Waals surface area contributed by atoms with Crippen LogP contribution in [0, 0.1) is 0 Å². The van der Waals surface area contributed by atoms with E-state index >= 15 is 0 Å². The third-order valence-corrected chi connectivity index (χ3v) is 4.29. The predicted molar refractivity (Wildman–Crippen MR) is 93.0 cm³/mol. The molecule has 0 saturated heterocycles. The van der Waals surface area contributed by atoms with E-state index in [-0.39, 0.29) is 0 Å². The molecule has 0 saturated carbocycles. The predicted octanol–water partition coefficient (Wildman–Crippen LogP) is 3.09. The van der Waals surface area contributed by atoms with Crippen LogP contribution >= 0.6 is 0 Å². The van der Waals surface area contributed by atoms with Crippen LogP contribution in [0.5, 0.6) is 5.88 Å². The maximum Gasteiger partial charge on any atom is 0.221 e. The van der Waals surface area contributed by atoms with E-state index in [1.165, 1.54) is 0 Å². The number of benzene rings is 1. The summed E-state index contributed by atoms with van der Waals surface area (Å²) in [7, 11) is 0. The average molecular weight is 336 g/mol. The van der Waals surface area contributed by atoms with Crippen molar-refractivity contribution in [2.24, 2.45) is 0 Å². The molecule has 1 aliphatic heterocycles. The van der Waals surface area contributed by atoms with Crippen molar-refractivity contribution < 1.29 is 9.15 Å². The highest BCUT2D eigenvalue weighted by Gasteiger charge is 2.23. The summed E-state index contributed by atoms with van der Waals surface area (Å²) in [5.74, 6) is 2.21. The molecule has 2 aromatic heterocycles. The Balaban J connectivity index is 1.49. The summed E-state index contributed by atoms with van der Waals surface area (Å²) < 4.78 is 11.6. The number of rotatable bonds is 5. The monoisotopic (exact) mass is 336 g/mol. The number of aromatic nitrogens is 3. The number of ether oxygens (including phenoxy) is 1. The lowest BCUT2D eigenvalue weighted by Crippen LogP contribution is -2.31. The summed E-state index contributed by atoms with van der Waals surface area (Å²) in [6.07, 6.45) is 4.25. The normalized spacial score (nSPS) is 14.3. The fraction of sp³-hybridized carbons (Fsp3) is 0.316. The van der Waals surface area contributed by atoms with Gasteiger partial charge in [-0.3, -0.25) is 4.90 Å². The molecule has 128 valence electrons. The Labute approximate surface area is 146 Å². The van der Waals surface area contributed by atoms with Gasteiger partial charge in [0.25, 0.3) is 0 Å². The maximum atomic E-state index is 5.92. The molecular weight excluding hydrogens is 316 g/mol. The average Bonchev–Trinajstić information content (AvgIpc) is 3.12. The van der Waals surface area contributed by atoms with Crippen LogP contribution in [0.3, 0.4) is 0 Å². The van der Waals surface area contributed by atoms with Crippen molar-refractivity contribution in [1.82, 2.24) is 19.9 Å². The van der Waals surface area contributed by atoms with Crippen LogP contribution in [0.1, 0.15) is 24.1 Å². The molecule has 4 rings (SSSR count). The topological polar surface area (TPSA) is 64.3 Å². The molecule has 3 aromatic rings. The van der Waals surface area contributed by atoms with Crippen LogP contribution < -0.4 is 4.74 Å². The summed E-state index contributed by atoms with van der Waals surface area (Å²) in [4.78, 5) is 15.4. The molecule has 0 unspecified atom stereocenters. The van der Waals surface area contributed by atoms with E-state index in [9.17, 15) is 0 Å². The Morgan fingerprint density at radius 2 is 2.04 bits per heavy atom. The van der Waals surface area contributed by atoms with Gasteiger partial charge in [-0.15, -0.1) is 0 Å². The Kier molecular flexibility index (Phi) is 4.43. The Hall–Kier alpha value is -2.73. The highest BCUT2D eigenvalue weighted by molar-refractivity contribution is 5.55. The quantitative estimate of drug-likeness (QED) is 0.713. The van der Waals surface area contributed by atoms with Crippen molar-refractivity contribution in [3.05, 3.63) is 60.0 Å². The molecule has 0 spiro atoms. The van der Waals surface area contributed by atoms with Crippen molar-refractivity contribution in [2.75, 3.05) is 13.2 Å². The van der Waals surface area contributed by atoms with Gasteiger partial charge in [-0.25, -0.2) is 15.0 Å². The van der Waals surface area contributed by atoms with Gasteiger partial charge in [0.1, 0.15) is 6.33 Å². The molecule has 0 radical (unpaired) electrons. The molecule has 0 amide bonds. The highest BCUT2D eigenvalue weighted by Crippen LogP contribution is 2.26. The molecule has 3 heterocycles. The first-order valence-electron chi connectivity index (χ1n) is 8.51. The van der Waals surface area contributed by atoms with Crippen LogP contribution in [0.4, 0.5) is 0 Å².